The molecule has 0 aliphatic heterocycles. The van der Waals surface area contributed by atoms with Gasteiger partial charge in [-0.25, -0.2) is 0 Å². The van der Waals surface area contributed by atoms with Crippen molar-refractivity contribution in [3.63, 3.8) is 0 Å². The van der Waals surface area contributed by atoms with Gasteiger partial charge >= 0.3 is 0 Å². The summed E-state index contributed by atoms with van der Waals surface area (Å²) in [7, 11) is 2.00. The molecule has 0 spiro atoms. The average molecular weight is 201 g/mol. The summed E-state index contributed by atoms with van der Waals surface area (Å²) in [5.41, 5.74) is 10.7. The van der Waals surface area contributed by atoms with E-state index < -0.39 is 0 Å². The Morgan fingerprint density at radius 3 is 2.50 bits per heavy atom. The van der Waals surface area contributed by atoms with Crippen molar-refractivity contribution in [3.8, 4) is 0 Å². The van der Waals surface area contributed by atoms with Crippen LogP contribution in [0.1, 0.15) is 32.6 Å². The molecule has 4 N–H and O–H groups in total. The van der Waals surface area contributed by atoms with Crippen LogP contribution in [0.25, 0.3) is 0 Å². The molecule has 0 aliphatic rings. The molecule has 0 saturated heterocycles. The number of amides is 1. The number of hydrogen-bond acceptors (Lipinski definition) is 3. The molecule has 0 saturated carbocycles. The third-order valence-electron chi connectivity index (χ3n) is 2.45. The van der Waals surface area contributed by atoms with Gasteiger partial charge in [0.05, 0.1) is 0 Å². The predicted octanol–water partition coefficient (Wildman–Crippen LogP) is 0.311. The Balaban J connectivity index is 3.78. The maximum Gasteiger partial charge on any atom is 0.219 e. The third kappa shape index (κ3) is 5.94. The van der Waals surface area contributed by atoms with Gasteiger partial charge in [0.2, 0.25) is 5.91 Å². The molecule has 4 nitrogen and oxygen atoms in total. The zero-order valence-electron chi connectivity index (χ0n) is 9.33. The highest BCUT2D eigenvalue weighted by atomic mass is 16.1. The lowest BCUT2D eigenvalue weighted by atomic mass is 10.1. The summed E-state index contributed by atoms with van der Waals surface area (Å²) in [6.07, 6.45) is 3.94. The van der Waals surface area contributed by atoms with Crippen LogP contribution >= 0.6 is 0 Å². The lowest BCUT2D eigenvalue weighted by Gasteiger charge is -2.25. The fourth-order valence-electron chi connectivity index (χ4n) is 1.45. The number of nitrogens with two attached hydrogens (primary N) is 2. The first kappa shape index (κ1) is 13.4. The highest BCUT2D eigenvalue weighted by Crippen LogP contribution is 2.03. The minimum atomic E-state index is -0.275. The topological polar surface area (TPSA) is 72.3 Å². The molecular formula is C10H23N3O. The summed E-state index contributed by atoms with van der Waals surface area (Å²) in [4.78, 5) is 12.9. The van der Waals surface area contributed by atoms with Crippen LogP contribution in [-0.2, 0) is 4.79 Å². The van der Waals surface area contributed by atoms with Gasteiger partial charge in [-0.15, -0.1) is 0 Å². The Bertz CT molecular complexity index is 161. The Labute approximate surface area is 86.6 Å². The van der Waals surface area contributed by atoms with Gasteiger partial charge in [-0.2, -0.15) is 0 Å². The van der Waals surface area contributed by atoms with E-state index in [1.807, 2.05) is 7.05 Å². The van der Waals surface area contributed by atoms with Crippen LogP contribution in [0.15, 0.2) is 0 Å². The Morgan fingerprint density at radius 2 is 2.07 bits per heavy atom. The van der Waals surface area contributed by atoms with E-state index in [1.165, 1.54) is 12.8 Å². The molecule has 1 atom stereocenters. The fraction of sp³-hybridized carbons (Fsp3) is 0.900. The van der Waals surface area contributed by atoms with Crippen molar-refractivity contribution >= 4 is 5.91 Å². The molecule has 14 heavy (non-hydrogen) atoms. The molecule has 4 heteroatoms. The molecule has 0 bridgehead atoms. The normalized spacial score (nSPS) is 13.1. The number of carbonyl (C=O) groups is 1. The van der Waals surface area contributed by atoms with E-state index in [9.17, 15) is 4.79 Å². The quantitative estimate of drug-likeness (QED) is 0.555. The first-order chi connectivity index (χ1) is 6.61. The van der Waals surface area contributed by atoms with Gasteiger partial charge in [0.25, 0.3) is 0 Å². The monoisotopic (exact) mass is 201 g/mol. The Hall–Kier alpha value is -0.610. The number of primary amides is 1. The molecule has 1 unspecified atom stereocenters. The second-order valence-corrected chi connectivity index (χ2v) is 3.75. The second-order valence-electron chi connectivity index (χ2n) is 3.75. The first-order valence-corrected chi connectivity index (χ1v) is 5.30. The van der Waals surface area contributed by atoms with Crippen molar-refractivity contribution in [1.29, 1.82) is 0 Å². The predicted molar refractivity (Wildman–Crippen MR) is 58.8 cm³/mol. The number of unbranched alkanes of at least 4 members (excludes halogenated alkanes) is 2. The van der Waals surface area contributed by atoms with Crippen molar-refractivity contribution in [2.24, 2.45) is 11.5 Å². The van der Waals surface area contributed by atoms with Crippen LogP contribution < -0.4 is 11.5 Å². The number of carbonyl (C=O) groups excluding carboxylic acids is 1. The average Bonchev–Trinajstić information content (AvgIpc) is 2.14. The molecule has 0 aromatic heterocycles. The van der Waals surface area contributed by atoms with Crippen LogP contribution in [0.4, 0.5) is 0 Å². The first-order valence-electron chi connectivity index (χ1n) is 5.30. The van der Waals surface area contributed by atoms with E-state index in [-0.39, 0.29) is 11.9 Å². The van der Waals surface area contributed by atoms with Gasteiger partial charge in [-0.05, 0) is 20.0 Å². The van der Waals surface area contributed by atoms with Gasteiger partial charge in [-0.1, -0.05) is 19.8 Å². The lowest BCUT2D eigenvalue weighted by molar-refractivity contribution is -0.119. The fourth-order valence-corrected chi connectivity index (χ4v) is 1.45. The highest BCUT2D eigenvalue weighted by molar-refractivity contribution is 5.74. The van der Waals surface area contributed by atoms with Crippen LogP contribution in [0.2, 0.25) is 0 Å². The Kier molecular flexibility index (Phi) is 7.42. The van der Waals surface area contributed by atoms with Gasteiger partial charge in [-0.3, -0.25) is 4.79 Å². The molecule has 84 valence electrons. The van der Waals surface area contributed by atoms with Crippen molar-refractivity contribution in [2.45, 2.75) is 38.6 Å². The number of hydrogen-bond donors (Lipinski definition) is 2. The van der Waals surface area contributed by atoms with Crippen LogP contribution in [0.5, 0.6) is 0 Å². The maximum atomic E-state index is 10.7. The van der Waals surface area contributed by atoms with Crippen molar-refractivity contribution in [3.05, 3.63) is 0 Å². The van der Waals surface area contributed by atoms with E-state index >= 15 is 0 Å². The summed E-state index contributed by atoms with van der Waals surface area (Å²) >= 11 is 0. The molecule has 0 heterocycles. The van der Waals surface area contributed by atoms with Crippen LogP contribution in [0.3, 0.4) is 0 Å². The minimum absolute atomic E-state index is 0.101. The van der Waals surface area contributed by atoms with Gasteiger partial charge < -0.3 is 16.4 Å². The summed E-state index contributed by atoms with van der Waals surface area (Å²) in [5, 5.41) is 0. The van der Waals surface area contributed by atoms with E-state index in [1.54, 1.807) is 0 Å². The van der Waals surface area contributed by atoms with Crippen molar-refractivity contribution in [2.75, 3.05) is 20.1 Å². The zero-order chi connectivity index (χ0) is 11.0. The van der Waals surface area contributed by atoms with Crippen molar-refractivity contribution < 1.29 is 4.79 Å². The van der Waals surface area contributed by atoms with Gasteiger partial charge in [0, 0.05) is 19.0 Å². The molecule has 0 aromatic carbocycles. The standard InChI is InChI=1S/C10H23N3O/c1-3-4-5-6-13(2)9(8-11)7-10(12)14/h9H,3-8,11H2,1-2H3,(H2,12,14). The van der Waals surface area contributed by atoms with E-state index in [0.717, 1.165) is 13.0 Å². The lowest BCUT2D eigenvalue weighted by Crippen LogP contribution is -2.41. The Morgan fingerprint density at radius 1 is 1.43 bits per heavy atom. The summed E-state index contributed by atoms with van der Waals surface area (Å²) < 4.78 is 0. The van der Waals surface area contributed by atoms with Gasteiger partial charge in [0.1, 0.15) is 0 Å². The summed E-state index contributed by atoms with van der Waals surface area (Å²) in [6, 6.07) is 0.101. The molecule has 0 radical (unpaired) electrons. The molecular weight excluding hydrogens is 178 g/mol. The molecule has 0 rings (SSSR count). The van der Waals surface area contributed by atoms with E-state index in [2.05, 4.69) is 11.8 Å². The molecule has 0 aliphatic carbocycles. The van der Waals surface area contributed by atoms with Gasteiger partial charge in [0.15, 0.2) is 0 Å². The van der Waals surface area contributed by atoms with Crippen LogP contribution in [-0.4, -0.2) is 37.0 Å². The summed E-state index contributed by atoms with van der Waals surface area (Å²) in [5.74, 6) is -0.275. The molecule has 0 fully saturated rings. The number of rotatable bonds is 8. The zero-order valence-corrected chi connectivity index (χ0v) is 9.33. The third-order valence-corrected chi connectivity index (χ3v) is 2.45. The van der Waals surface area contributed by atoms with E-state index in [0.29, 0.717) is 13.0 Å². The highest BCUT2D eigenvalue weighted by Gasteiger charge is 2.14. The number of nitrogens with zero attached hydrogens (tertiary/aromatic N) is 1. The smallest absolute Gasteiger partial charge is 0.219 e. The molecule has 1 amide bonds. The minimum Gasteiger partial charge on any atom is -0.370 e. The number of likely N-dealkylation sites (N-methyl/N-ethyl adjacent to an activating group) is 1. The van der Waals surface area contributed by atoms with Crippen LogP contribution in [0, 0.1) is 0 Å². The maximum absolute atomic E-state index is 10.7. The largest absolute Gasteiger partial charge is 0.370 e. The second kappa shape index (κ2) is 7.76. The van der Waals surface area contributed by atoms with Crippen molar-refractivity contribution in [1.82, 2.24) is 4.90 Å². The summed E-state index contributed by atoms with van der Waals surface area (Å²) in [6.45, 7) is 3.65. The van der Waals surface area contributed by atoms with E-state index in [4.69, 9.17) is 11.5 Å². The molecule has 0 aromatic rings. The SMILES string of the molecule is CCCCCN(C)C(CN)CC(N)=O.